The molecule has 0 unspecified atom stereocenters. The third-order valence-corrected chi connectivity index (χ3v) is 2.06. The van der Waals surface area contributed by atoms with E-state index in [9.17, 15) is 0 Å². The zero-order valence-corrected chi connectivity index (χ0v) is 8.84. The van der Waals surface area contributed by atoms with E-state index in [0.717, 1.165) is 17.7 Å². The molecular weight excluding hydrogens is 202 g/mol. The first kappa shape index (κ1) is 11.3. The highest BCUT2D eigenvalue weighted by molar-refractivity contribution is 6.30. The summed E-state index contributed by atoms with van der Waals surface area (Å²) in [5, 5.41) is 9.05. The van der Waals surface area contributed by atoms with Crippen LogP contribution in [-0.4, -0.2) is 18.4 Å². The molecule has 1 rings (SSSR count). The van der Waals surface area contributed by atoms with Crippen LogP contribution in [0.25, 0.3) is 0 Å². The molecule has 3 nitrogen and oxygen atoms in total. The van der Waals surface area contributed by atoms with Gasteiger partial charge in [0.2, 0.25) is 0 Å². The maximum atomic E-state index is 8.33. The fourth-order valence-corrected chi connectivity index (χ4v) is 1.33. The van der Waals surface area contributed by atoms with E-state index in [1.165, 1.54) is 0 Å². The van der Waals surface area contributed by atoms with Crippen molar-refractivity contribution in [2.75, 3.05) is 13.2 Å². The predicted octanol–water partition coefficient (Wildman–Crippen LogP) is 2.40. The van der Waals surface area contributed by atoms with Gasteiger partial charge < -0.3 is 9.94 Å². The lowest BCUT2D eigenvalue weighted by Crippen LogP contribution is -2.12. The number of rotatable bonds is 5. The van der Waals surface area contributed by atoms with Gasteiger partial charge >= 0.3 is 0 Å². The van der Waals surface area contributed by atoms with E-state index in [2.05, 4.69) is 5.48 Å². The van der Waals surface area contributed by atoms with Gasteiger partial charge in [-0.2, -0.15) is 0 Å². The summed E-state index contributed by atoms with van der Waals surface area (Å²) in [7, 11) is 0. The van der Waals surface area contributed by atoms with E-state index < -0.39 is 0 Å². The van der Waals surface area contributed by atoms with Crippen LogP contribution in [0.4, 0.5) is 0 Å². The second-order valence-electron chi connectivity index (χ2n) is 3.02. The Labute approximate surface area is 88.6 Å². The van der Waals surface area contributed by atoms with Gasteiger partial charge in [-0.3, -0.25) is 0 Å². The first-order valence-corrected chi connectivity index (χ1v) is 4.87. The number of hydrogen-bond acceptors (Lipinski definition) is 3. The zero-order chi connectivity index (χ0) is 10.4. The van der Waals surface area contributed by atoms with Gasteiger partial charge in [0.05, 0.1) is 6.61 Å². The van der Waals surface area contributed by atoms with Crippen LogP contribution < -0.4 is 10.2 Å². The number of nitrogens with one attached hydrogen (secondary N) is 1. The maximum absolute atomic E-state index is 8.33. The molecule has 0 aliphatic heterocycles. The van der Waals surface area contributed by atoms with Crippen LogP contribution in [0, 0.1) is 6.92 Å². The van der Waals surface area contributed by atoms with Crippen molar-refractivity contribution >= 4 is 11.6 Å². The fourth-order valence-electron chi connectivity index (χ4n) is 1.11. The molecule has 0 spiro atoms. The molecule has 2 N–H and O–H groups in total. The van der Waals surface area contributed by atoms with Crippen molar-refractivity contribution in [3.05, 3.63) is 28.8 Å². The summed E-state index contributed by atoms with van der Waals surface area (Å²) in [6, 6.07) is 5.51. The SMILES string of the molecule is Cc1cc(Cl)ccc1OCCCNO. The zero-order valence-electron chi connectivity index (χ0n) is 8.09. The predicted molar refractivity (Wildman–Crippen MR) is 56.1 cm³/mol. The molecule has 0 bridgehead atoms. The molecule has 0 atom stereocenters. The molecule has 0 saturated carbocycles. The number of hydroxylamine groups is 1. The van der Waals surface area contributed by atoms with Gasteiger partial charge in [0.25, 0.3) is 0 Å². The topological polar surface area (TPSA) is 41.5 Å². The van der Waals surface area contributed by atoms with E-state index in [0.29, 0.717) is 18.2 Å². The lowest BCUT2D eigenvalue weighted by Gasteiger charge is -2.08. The third kappa shape index (κ3) is 3.54. The normalized spacial score (nSPS) is 10.2. The summed E-state index contributed by atoms with van der Waals surface area (Å²) in [6.45, 7) is 3.06. The molecule has 1 aromatic carbocycles. The minimum Gasteiger partial charge on any atom is -0.493 e. The van der Waals surface area contributed by atoms with Crippen molar-refractivity contribution in [3.8, 4) is 5.75 Å². The molecular formula is C10H14ClNO2. The van der Waals surface area contributed by atoms with E-state index >= 15 is 0 Å². The lowest BCUT2D eigenvalue weighted by molar-refractivity contribution is 0.157. The van der Waals surface area contributed by atoms with Gasteiger partial charge in [-0.25, -0.2) is 5.48 Å². The average Bonchev–Trinajstić information content (AvgIpc) is 2.15. The molecule has 0 aliphatic carbocycles. The highest BCUT2D eigenvalue weighted by Crippen LogP contribution is 2.21. The molecule has 14 heavy (non-hydrogen) atoms. The smallest absolute Gasteiger partial charge is 0.122 e. The van der Waals surface area contributed by atoms with Crippen molar-refractivity contribution in [2.45, 2.75) is 13.3 Å². The van der Waals surface area contributed by atoms with Crippen molar-refractivity contribution in [3.63, 3.8) is 0 Å². The molecule has 0 aliphatic rings. The quantitative estimate of drug-likeness (QED) is 0.586. The molecule has 0 radical (unpaired) electrons. The highest BCUT2D eigenvalue weighted by Gasteiger charge is 1.99. The van der Waals surface area contributed by atoms with Crippen molar-refractivity contribution < 1.29 is 9.94 Å². The molecule has 1 aromatic rings. The van der Waals surface area contributed by atoms with E-state index in [-0.39, 0.29) is 0 Å². The van der Waals surface area contributed by atoms with Crippen molar-refractivity contribution in [2.24, 2.45) is 0 Å². The molecule has 0 heterocycles. The summed E-state index contributed by atoms with van der Waals surface area (Å²) in [5.41, 5.74) is 3.10. The number of ether oxygens (including phenoxy) is 1. The minimum absolute atomic E-state index is 0.534. The summed E-state index contributed by atoms with van der Waals surface area (Å²) >= 11 is 5.80. The van der Waals surface area contributed by atoms with Gasteiger partial charge in [-0.15, -0.1) is 0 Å². The van der Waals surface area contributed by atoms with Crippen LogP contribution in [0.1, 0.15) is 12.0 Å². The van der Waals surface area contributed by atoms with Crippen LogP contribution >= 0.6 is 11.6 Å². The molecule has 78 valence electrons. The van der Waals surface area contributed by atoms with Crippen molar-refractivity contribution in [1.29, 1.82) is 0 Å². The Morgan fingerprint density at radius 1 is 1.50 bits per heavy atom. The van der Waals surface area contributed by atoms with Gasteiger partial charge in [0.15, 0.2) is 0 Å². The number of halogens is 1. The molecule has 0 amide bonds. The largest absolute Gasteiger partial charge is 0.493 e. The second kappa shape index (κ2) is 5.86. The van der Waals surface area contributed by atoms with E-state index in [1.54, 1.807) is 6.07 Å². The van der Waals surface area contributed by atoms with Crippen LogP contribution in [0.2, 0.25) is 5.02 Å². The van der Waals surface area contributed by atoms with Gasteiger partial charge in [-0.05, 0) is 37.1 Å². The van der Waals surface area contributed by atoms with Crippen LogP contribution in [0.5, 0.6) is 5.75 Å². The fraction of sp³-hybridized carbons (Fsp3) is 0.400. The monoisotopic (exact) mass is 215 g/mol. The van der Waals surface area contributed by atoms with Gasteiger partial charge in [0, 0.05) is 11.6 Å². The summed E-state index contributed by atoms with van der Waals surface area (Å²) < 4.78 is 5.48. The Kier molecular flexibility index (Phi) is 4.73. The van der Waals surface area contributed by atoms with Crippen LogP contribution in [0.3, 0.4) is 0 Å². The Hall–Kier alpha value is -0.770. The Balaban J connectivity index is 2.42. The molecule has 4 heteroatoms. The number of benzene rings is 1. The standard InChI is InChI=1S/C10H14ClNO2/c1-8-7-9(11)3-4-10(8)14-6-2-5-12-13/h3-4,7,12-13H,2,5-6H2,1H3. The Morgan fingerprint density at radius 3 is 2.93 bits per heavy atom. The third-order valence-electron chi connectivity index (χ3n) is 1.83. The van der Waals surface area contributed by atoms with Gasteiger partial charge in [0.1, 0.15) is 5.75 Å². The molecule has 0 fully saturated rings. The van der Waals surface area contributed by atoms with Crippen LogP contribution in [-0.2, 0) is 0 Å². The van der Waals surface area contributed by atoms with E-state index in [4.69, 9.17) is 21.5 Å². The Morgan fingerprint density at radius 2 is 2.29 bits per heavy atom. The molecule has 0 aromatic heterocycles. The first-order valence-electron chi connectivity index (χ1n) is 4.50. The summed E-state index contributed by atoms with van der Waals surface area (Å²) in [5.74, 6) is 0.840. The first-order chi connectivity index (χ1) is 6.74. The second-order valence-corrected chi connectivity index (χ2v) is 3.46. The van der Waals surface area contributed by atoms with Gasteiger partial charge in [-0.1, -0.05) is 11.6 Å². The lowest BCUT2D eigenvalue weighted by atomic mass is 10.2. The highest BCUT2D eigenvalue weighted by atomic mass is 35.5. The summed E-state index contributed by atoms with van der Waals surface area (Å²) in [6.07, 6.45) is 0.762. The average molecular weight is 216 g/mol. The minimum atomic E-state index is 0.534. The molecule has 0 saturated heterocycles. The summed E-state index contributed by atoms with van der Waals surface area (Å²) in [4.78, 5) is 0. The van der Waals surface area contributed by atoms with E-state index in [1.807, 2.05) is 19.1 Å². The maximum Gasteiger partial charge on any atom is 0.122 e. The van der Waals surface area contributed by atoms with Crippen molar-refractivity contribution in [1.82, 2.24) is 5.48 Å². The number of hydrogen-bond donors (Lipinski definition) is 2. The Bertz CT molecular complexity index is 291. The number of aryl methyl sites for hydroxylation is 1. The van der Waals surface area contributed by atoms with Crippen LogP contribution in [0.15, 0.2) is 18.2 Å².